The number of aryl methyl sites for hydroxylation is 1. The molecule has 98 valence electrons. The smallest absolute Gasteiger partial charge is 0.295 e. The first kappa shape index (κ1) is 12.0. The van der Waals surface area contributed by atoms with Gasteiger partial charge in [-0.2, -0.15) is 4.98 Å². The van der Waals surface area contributed by atoms with Gasteiger partial charge in [0.25, 0.3) is 6.01 Å². The molecule has 0 fully saturated rings. The van der Waals surface area contributed by atoms with E-state index in [1.807, 2.05) is 19.1 Å². The fourth-order valence-corrected chi connectivity index (χ4v) is 2.48. The number of nitrogen functional groups attached to an aromatic ring is 1. The molecule has 2 heterocycles. The third kappa shape index (κ3) is 2.68. The third-order valence-electron chi connectivity index (χ3n) is 2.74. The molecule has 1 aromatic carbocycles. The second-order valence-corrected chi connectivity index (χ2v) is 5.34. The lowest BCUT2D eigenvalue weighted by Gasteiger charge is -1.98. The molecule has 19 heavy (non-hydrogen) atoms. The number of thiazole rings is 1. The highest BCUT2D eigenvalue weighted by atomic mass is 32.1. The number of anilines is 2. The van der Waals surface area contributed by atoms with Gasteiger partial charge < -0.3 is 15.5 Å². The van der Waals surface area contributed by atoms with Gasteiger partial charge in [0.2, 0.25) is 0 Å². The van der Waals surface area contributed by atoms with Crippen LogP contribution in [0.25, 0.3) is 11.1 Å². The Hall–Kier alpha value is -2.08. The molecule has 6 heteroatoms. The van der Waals surface area contributed by atoms with Crippen LogP contribution in [0.5, 0.6) is 0 Å². The number of hydrogen-bond donors (Lipinski definition) is 2. The van der Waals surface area contributed by atoms with E-state index in [0.717, 1.165) is 29.2 Å². The van der Waals surface area contributed by atoms with Crippen molar-refractivity contribution in [2.75, 3.05) is 17.6 Å². The number of aromatic nitrogens is 2. The van der Waals surface area contributed by atoms with Gasteiger partial charge in [0.15, 0.2) is 5.58 Å². The molecule has 3 rings (SSSR count). The summed E-state index contributed by atoms with van der Waals surface area (Å²) in [5.41, 5.74) is 8.97. The molecule has 0 aliphatic carbocycles. The first-order valence-electron chi connectivity index (χ1n) is 6.01. The van der Waals surface area contributed by atoms with Crippen molar-refractivity contribution in [2.45, 2.75) is 13.3 Å². The molecule has 0 saturated carbocycles. The van der Waals surface area contributed by atoms with E-state index >= 15 is 0 Å². The van der Waals surface area contributed by atoms with Gasteiger partial charge in [-0.3, -0.25) is 0 Å². The largest absolute Gasteiger partial charge is 0.423 e. The molecule has 2 aromatic heterocycles. The van der Waals surface area contributed by atoms with E-state index in [1.54, 1.807) is 17.4 Å². The van der Waals surface area contributed by atoms with Gasteiger partial charge in [0.1, 0.15) is 5.52 Å². The van der Waals surface area contributed by atoms with Crippen LogP contribution in [0.2, 0.25) is 0 Å². The second kappa shape index (κ2) is 4.89. The summed E-state index contributed by atoms with van der Waals surface area (Å²) in [6.45, 7) is 2.75. The highest BCUT2D eigenvalue weighted by molar-refractivity contribution is 7.09. The zero-order valence-electron chi connectivity index (χ0n) is 10.5. The van der Waals surface area contributed by atoms with Crippen LogP contribution >= 0.6 is 11.3 Å². The number of nitrogens with zero attached hydrogens (tertiary/aromatic N) is 2. The lowest BCUT2D eigenvalue weighted by atomic mass is 10.3. The molecule has 5 nitrogen and oxygen atoms in total. The molecule has 0 spiro atoms. The maximum absolute atomic E-state index is 5.70. The maximum Gasteiger partial charge on any atom is 0.295 e. The Morgan fingerprint density at radius 3 is 3.05 bits per heavy atom. The Labute approximate surface area is 114 Å². The van der Waals surface area contributed by atoms with Crippen LogP contribution in [0.4, 0.5) is 11.7 Å². The SMILES string of the molecule is Cc1nc(CCNc2nc3ccc(N)cc3o2)cs1. The number of hydrogen-bond acceptors (Lipinski definition) is 6. The summed E-state index contributed by atoms with van der Waals surface area (Å²) in [4.78, 5) is 8.75. The molecule has 0 atom stereocenters. The van der Waals surface area contributed by atoms with E-state index < -0.39 is 0 Å². The maximum atomic E-state index is 5.70. The predicted molar refractivity (Wildman–Crippen MR) is 77.5 cm³/mol. The normalized spacial score (nSPS) is 11.0. The Balaban J connectivity index is 1.65. The van der Waals surface area contributed by atoms with Crippen molar-refractivity contribution in [3.63, 3.8) is 0 Å². The molecule has 0 unspecified atom stereocenters. The molecule has 0 bridgehead atoms. The van der Waals surface area contributed by atoms with Gasteiger partial charge in [-0.15, -0.1) is 11.3 Å². The Bertz CT molecular complexity index is 704. The van der Waals surface area contributed by atoms with Crippen LogP contribution in [0, 0.1) is 6.92 Å². The molecule has 0 saturated heterocycles. The number of rotatable bonds is 4. The van der Waals surface area contributed by atoms with E-state index in [1.165, 1.54) is 0 Å². The summed E-state index contributed by atoms with van der Waals surface area (Å²) in [6.07, 6.45) is 0.852. The summed E-state index contributed by atoms with van der Waals surface area (Å²) >= 11 is 1.66. The van der Waals surface area contributed by atoms with Gasteiger partial charge in [0, 0.05) is 30.1 Å². The molecule has 0 aliphatic rings. The van der Waals surface area contributed by atoms with Crippen molar-refractivity contribution in [3.8, 4) is 0 Å². The van der Waals surface area contributed by atoms with E-state index in [9.17, 15) is 0 Å². The van der Waals surface area contributed by atoms with Crippen molar-refractivity contribution >= 4 is 34.1 Å². The molecule has 0 radical (unpaired) electrons. The molecule has 3 aromatic rings. The fraction of sp³-hybridized carbons (Fsp3) is 0.231. The van der Waals surface area contributed by atoms with Crippen LogP contribution in [-0.4, -0.2) is 16.5 Å². The fourth-order valence-electron chi connectivity index (χ4n) is 1.84. The Kier molecular flexibility index (Phi) is 3.08. The lowest BCUT2D eigenvalue weighted by molar-refractivity contribution is 0.614. The summed E-state index contributed by atoms with van der Waals surface area (Å²) in [7, 11) is 0. The van der Waals surface area contributed by atoms with Crippen LogP contribution in [0.1, 0.15) is 10.7 Å². The minimum absolute atomic E-state index is 0.521. The van der Waals surface area contributed by atoms with Crippen LogP contribution in [0.3, 0.4) is 0 Å². The van der Waals surface area contributed by atoms with Gasteiger partial charge in [-0.05, 0) is 19.1 Å². The van der Waals surface area contributed by atoms with Crippen molar-refractivity contribution in [1.82, 2.24) is 9.97 Å². The average Bonchev–Trinajstić information content (AvgIpc) is 2.95. The van der Waals surface area contributed by atoms with Gasteiger partial charge in [0.05, 0.1) is 10.7 Å². The van der Waals surface area contributed by atoms with Crippen LogP contribution < -0.4 is 11.1 Å². The van der Waals surface area contributed by atoms with Crippen molar-refractivity contribution in [2.24, 2.45) is 0 Å². The first-order valence-corrected chi connectivity index (χ1v) is 6.89. The molecule has 3 N–H and O–H groups in total. The van der Waals surface area contributed by atoms with Crippen LogP contribution in [-0.2, 0) is 6.42 Å². The number of nitrogens with one attached hydrogen (secondary N) is 1. The third-order valence-corrected chi connectivity index (χ3v) is 3.56. The summed E-state index contributed by atoms with van der Waals surface area (Å²) < 4.78 is 5.57. The lowest BCUT2D eigenvalue weighted by Crippen LogP contribution is -2.05. The number of oxazole rings is 1. The molecular weight excluding hydrogens is 260 g/mol. The quantitative estimate of drug-likeness (QED) is 0.715. The average molecular weight is 274 g/mol. The van der Waals surface area contributed by atoms with Crippen molar-refractivity contribution in [3.05, 3.63) is 34.3 Å². The highest BCUT2D eigenvalue weighted by Crippen LogP contribution is 2.21. The molecule has 0 amide bonds. The zero-order chi connectivity index (χ0) is 13.2. The summed E-state index contributed by atoms with van der Waals surface area (Å²) in [6, 6.07) is 5.96. The predicted octanol–water partition coefficient (Wildman–Crippen LogP) is 2.83. The van der Waals surface area contributed by atoms with Gasteiger partial charge in [-0.1, -0.05) is 0 Å². The Morgan fingerprint density at radius 2 is 2.26 bits per heavy atom. The van der Waals surface area contributed by atoms with E-state index in [4.69, 9.17) is 10.2 Å². The monoisotopic (exact) mass is 274 g/mol. The first-order chi connectivity index (χ1) is 9.20. The second-order valence-electron chi connectivity index (χ2n) is 4.28. The van der Waals surface area contributed by atoms with E-state index in [2.05, 4.69) is 20.7 Å². The Morgan fingerprint density at radius 1 is 1.37 bits per heavy atom. The summed E-state index contributed by atoms with van der Waals surface area (Å²) in [5, 5.41) is 6.32. The molecule has 0 aliphatic heterocycles. The van der Waals surface area contributed by atoms with Gasteiger partial charge >= 0.3 is 0 Å². The minimum atomic E-state index is 0.521. The summed E-state index contributed by atoms with van der Waals surface area (Å²) in [5.74, 6) is 0. The number of benzene rings is 1. The number of fused-ring (bicyclic) bond motifs is 1. The van der Waals surface area contributed by atoms with Crippen molar-refractivity contribution < 1.29 is 4.42 Å². The van der Waals surface area contributed by atoms with Crippen molar-refractivity contribution in [1.29, 1.82) is 0 Å². The van der Waals surface area contributed by atoms with E-state index in [0.29, 0.717) is 17.3 Å². The highest BCUT2D eigenvalue weighted by Gasteiger charge is 2.05. The van der Waals surface area contributed by atoms with Crippen LogP contribution in [0.15, 0.2) is 28.0 Å². The van der Waals surface area contributed by atoms with Gasteiger partial charge in [-0.25, -0.2) is 4.98 Å². The number of nitrogens with two attached hydrogens (primary N) is 1. The zero-order valence-corrected chi connectivity index (χ0v) is 11.3. The molecular formula is C13H14N4OS. The standard InChI is InChI=1S/C13H14N4OS/c1-8-16-10(7-19-8)4-5-15-13-17-11-3-2-9(14)6-12(11)18-13/h2-3,6-7H,4-5,14H2,1H3,(H,15,17). The van der Waals surface area contributed by atoms with E-state index in [-0.39, 0.29) is 0 Å². The minimum Gasteiger partial charge on any atom is -0.423 e. The topological polar surface area (TPSA) is 77.0 Å².